The fourth-order valence-corrected chi connectivity index (χ4v) is 7.86. The van der Waals surface area contributed by atoms with Crippen LogP contribution in [0.3, 0.4) is 0 Å². The summed E-state index contributed by atoms with van der Waals surface area (Å²) >= 11 is 7.58. The van der Waals surface area contributed by atoms with Crippen LogP contribution in [0.4, 0.5) is 0 Å². The van der Waals surface area contributed by atoms with Gasteiger partial charge in [-0.15, -0.1) is 10.2 Å². The van der Waals surface area contributed by atoms with E-state index in [1.807, 2.05) is 6.92 Å². The molecule has 1 atom stereocenters. The molecule has 0 aliphatic rings. The minimum absolute atomic E-state index is 0.560. The predicted molar refractivity (Wildman–Crippen MR) is 208 cm³/mol. The lowest BCUT2D eigenvalue weighted by atomic mass is 9.93. The third kappa shape index (κ3) is 7.89. The minimum atomic E-state index is 0.560. The molecule has 0 N–H and O–H groups in total. The average molecular weight is 773 g/mol. The van der Waals surface area contributed by atoms with Gasteiger partial charge in [-0.1, -0.05) is 141 Å². The standard InChI is InChI=1S/C41H48Br2N4O/c1-4-7-9-11-12-14-16-28(15-13-10-8-5-2)27-47-39-36-26-32(43)22-24-34(36)33-23-21-31(42)25-35(33)38(39)44-40(47)29-17-19-30(20-18-29)41-46-45-37(6-3)48-41/h17-26,28H,4-16,27H2,1-3H3. The molecule has 0 aliphatic heterocycles. The van der Waals surface area contributed by atoms with E-state index in [9.17, 15) is 0 Å². The summed E-state index contributed by atoms with van der Waals surface area (Å²) in [5.74, 6) is 2.83. The van der Waals surface area contributed by atoms with E-state index >= 15 is 0 Å². The third-order valence-corrected chi connectivity index (χ3v) is 10.7. The van der Waals surface area contributed by atoms with Crippen LogP contribution in [0, 0.1) is 5.92 Å². The van der Waals surface area contributed by atoms with Crippen LogP contribution in [0.5, 0.6) is 0 Å². The second-order valence-electron chi connectivity index (χ2n) is 13.3. The molecule has 6 aromatic rings. The van der Waals surface area contributed by atoms with Gasteiger partial charge in [-0.05, 0) is 65.9 Å². The Hall–Kier alpha value is -3.03. The molecule has 6 rings (SSSR count). The molecular formula is C41H48Br2N4O. The fourth-order valence-electron chi connectivity index (χ4n) is 7.14. The molecule has 0 fully saturated rings. The van der Waals surface area contributed by atoms with Gasteiger partial charge in [0.25, 0.3) is 0 Å². The summed E-state index contributed by atoms with van der Waals surface area (Å²) in [4.78, 5) is 5.52. The first-order valence-corrected chi connectivity index (χ1v) is 19.7. The van der Waals surface area contributed by atoms with Crippen molar-refractivity contribution in [2.45, 2.75) is 111 Å². The smallest absolute Gasteiger partial charge is 0.247 e. The van der Waals surface area contributed by atoms with Gasteiger partial charge in [0.15, 0.2) is 0 Å². The van der Waals surface area contributed by atoms with Gasteiger partial charge in [-0.25, -0.2) is 4.98 Å². The highest BCUT2D eigenvalue weighted by Gasteiger charge is 2.22. The van der Waals surface area contributed by atoms with E-state index in [1.54, 1.807) is 0 Å². The van der Waals surface area contributed by atoms with Crippen molar-refractivity contribution in [3.63, 3.8) is 0 Å². The zero-order valence-electron chi connectivity index (χ0n) is 28.7. The van der Waals surface area contributed by atoms with E-state index < -0.39 is 0 Å². The number of imidazole rings is 1. The summed E-state index contributed by atoms with van der Waals surface area (Å²) in [6.45, 7) is 7.58. The van der Waals surface area contributed by atoms with E-state index in [4.69, 9.17) is 9.40 Å². The quantitative estimate of drug-likeness (QED) is 0.0684. The Morgan fingerprint density at radius 3 is 1.88 bits per heavy atom. The summed E-state index contributed by atoms with van der Waals surface area (Å²) in [6.07, 6.45) is 16.4. The predicted octanol–water partition coefficient (Wildman–Crippen LogP) is 13.5. The molecule has 2 heterocycles. The molecule has 48 heavy (non-hydrogen) atoms. The minimum Gasteiger partial charge on any atom is -0.421 e. The lowest BCUT2D eigenvalue weighted by Crippen LogP contribution is -2.13. The van der Waals surface area contributed by atoms with Crippen LogP contribution < -0.4 is 0 Å². The van der Waals surface area contributed by atoms with Crippen molar-refractivity contribution in [2.24, 2.45) is 5.92 Å². The molecule has 1 unspecified atom stereocenters. The van der Waals surface area contributed by atoms with Crippen molar-refractivity contribution < 1.29 is 4.42 Å². The Labute approximate surface area is 302 Å². The first kappa shape index (κ1) is 34.8. The molecule has 0 bridgehead atoms. The molecule has 2 aromatic heterocycles. The maximum atomic E-state index is 5.88. The van der Waals surface area contributed by atoms with E-state index in [1.165, 1.54) is 104 Å². The molecule has 5 nitrogen and oxygen atoms in total. The number of benzene rings is 4. The molecular weight excluding hydrogens is 724 g/mol. The third-order valence-electron chi connectivity index (χ3n) is 9.76. The van der Waals surface area contributed by atoms with Crippen molar-refractivity contribution in [3.05, 3.63) is 75.5 Å². The summed E-state index contributed by atoms with van der Waals surface area (Å²) in [5, 5.41) is 13.4. The number of halogens is 2. The summed E-state index contributed by atoms with van der Waals surface area (Å²) in [5.41, 5.74) is 4.31. The van der Waals surface area contributed by atoms with E-state index in [0.717, 1.165) is 44.4 Å². The van der Waals surface area contributed by atoms with Crippen molar-refractivity contribution in [1.29, 1.82) is 0 Å². The zero-order chi connectivity index (χ0) is 33.5. The largest absolute Gasteiger partial charge is 0.421 e. The molecule has 0 saturated carbocycles. The lowest BCUT2D eigenvalue weighted by Gasteiger charge is -2.21. The van der Waals surface area contributed by atoms with Gasteiger partial charge in [0.2, 0.25) is 11.8 Å². The maximum Gasteiger partial charge on any atom is 0.247 e. The zero-order valence-corrected chi connectivity index (χ0v) is 31.9. The van der Waals surface area contributed by atoms with Crippen LogP contribution in [-0.4, -0.2) is 19.7 Å². The number of nitrogens with zero attached hydrogens (tertiary/aromatic N) is 4. The van der Waals surface area contributed by atoms with E-state index in [2.05, 4.69) is 121 Å². The van der Waals surface area contributed by atoms with Crippen LogP contribution in [0.1, 0.15) is 104 Å². The van der Waals surface area contributed by atoms with Gasteiger partial charge >= 0.3 is 0 Å². The molecule has 0 amide bonds. The maximum absolute atomic E-state index is 5.88. The Morgan fingerprint density at radius 2 is 1.23 bits per heavy atom. The molecule has 252 valence electrons. The van der Waals surface area contributed by atoms with Gasteiger partial charge in [0.1, 0.15) is 5.82 Å². The Balaban J connectivity index is 1.47. The second-order valence-corrected chi connectivity index (χ2v) is 15.2. The lowest BCUT2D eigenvalue weighted by molar-refractivity contribution is 0.363. The summed E-state index contributed by atoms with van der Waals surface area (Å²) in [6, 6.07) is 21.8. The van der Waals surface area contributed by atoms with E-state index in [0.29, 0.717) is 17.7 Å². The highest BCUT2D eigenvalue weighted by Crippen LogP contribution is 2.40. The molecule has 0 spiro atoms. The first-order chi connectivity index (χ1) is 23.5. The van der Waals surface area contributed by atoms with Crippen molar-refractivity contribution in [2.75, 3.05) is 0 Å². The number of aromatic nitrogens is 4. The van der Waals surface area contributed by atoms with Crippen molar-refractivity contribution in [1.82, 2.24) is 19.7 Å². The van der Waals surface area contributed by atoms with Crippen LogP contribution in [0.2, 0.25) is 0 Å². The highest BCUT2D eigenvalue weighted by atomic mass is 79.9. The van der Waals surface area contributed by atoms with Gasteiger partial charge in [0.05, 0.1) is 11.0 Å². The SMILES string of the molecule is CCCCCCCCC(CCCCCC)Cn1c(-c2ccc(-c3nnc(CC)o3)cc2)nc2c3cc(Br)ccc3c3ccc(Br)cc3c21. The topological polar surface area (TPSA) is 56.7 Å². The number of aryl methyl sites for hydroxylation is 1. The molecule has 4 aromatic carbocycles. The number of unbranched alkanes of at least 4 members (excludes halogenated alkanes) is 8. The van der Waals surface area contributed by atoms with Gasteiger partial charge in [-0.2, -0.15) is 0 Å². The second kappa shape index (κ2) is 16.6. The first-order valence-electron chi connectivity index (χ1n) is 18.1. The van der Waals surface area contributed by atoms with Crippen LogP contribution in [0.15, 0.2) is 74.0 Å². The molecule has 0 aliphatic carbocycles. The highest BCUT2D eigenvalue weighted by molar-refractivity contribution is 9.10. The van der Waals surface area contributed by atoms with Crippen LogP contribution in [-0.2, 0) is 13.0 Å². The van der Waals surface area contributed by atoms with Gasteiger partial charge in [0, 0.05) is 43.8 Å². The van der Waals surface area contributed by atoms with Crippen molar-refractivity contribution >= 4 is 64.4 Å². The Morgan fingerprint density at radius 1 is 0.646 bits per heavy atom. The van der Waals surface area contributed by atoms with Gasteiger partial charge < -0.3 is 8.98 Å². The Bertz CT molecular complexity index is 1960. The molecule has 0 saturated heterocycles. The molecule has 7 heteroatoms. The number of hydrogen-bond acceptors (Lipinski definition) is 4. The van der Waals surface area contributed by atoms with E-state index in [-0.39, 0.29) is 0 Å². The Kier molecular flexibility index (Phi) is 12.0. The van der Waals surface area contributed by atoms with Crippen molar-refractivity contribution in [3.8, 4) is 22.8 Å². The normalized spacial score (nSPS) is 12.5. The summed E-state index contributed by atoms with van der Waals surface area (Å²) in [7, 11) is 0. The number of rotatable bonds is 17. The monoisotopic (exact) mass is 770 g/mol. The number of fused-ring (bicyclic) bond motifs is 6. The number of hydrogen-bond donors (Lipinski definition) is 0. The van der Waals surface area contributed by atoms with Crippen LogP contribution in [0.25, 0.3) is 55.4 Å². The summed E-state index contributed by atoms with van der Waals surface area (Å²) < 4.78 is 10.6. The van der Waals surface area contributed by atoms with Gasteiger partial charge in [-0.3, -0.25) is 0 Å². The molecule has 0 radical (unpaired) electrons. The average Bonchev–Trinajstić information content (AvgIpc) is 3.74. The van der Waals surface area contributed by atoms with Crippen LogP contribution >= 0.6 is 31.9 Å². The fraction of sp³-hybridized carbons (Fsp3) is 0.439.